The van der Waals surface area contributed by atoms with Crippen molar-refractivity contribution >= 4 is 16.9 Å². The van der Waals surface area contributed by atoms with Gasteiger partial charge in [0, 0.05) is 19.4 Å². The minimum absolute atomic E-state index is 0.0880. The van der Waals surface area contributed by atoms with Crippen LogP contribution in [0.15, 0.2) is 73.3 Å². The van der Waals surface area contributed by atoms with Crippen LogP contribution in [-0.4, -0.2) is 25.0 Å². The molecule has 136 valence electrons. The Morgan fingerprint density at radius 3 is 2.52 bits per heavy atom. The minimum Gasteiger partial charge on any atom is -0.340 e. The zero-order valence-electron chi connectivity index (χ0n) is 15.3. The molecule has 0 aliphatic rings. The number of aryl methyl sites for hydroxylation is 1. The Bertz CT molecular complexity index is 1070. The lowest BCUT2D eigenvalue weighted by Gasteiger charge is -2.22. The number of rotatable bonds is 5. The van der Waals surface area contributed by atoms with Gasteiger partial charge in [-0.05, 0) is 24.6 Å². The first-order chi connectivity index (χ1) is 13.1. The van der Waals surface area contributed by atoms with Crippen LogP contribution in [0.25, 0.3) is 11.0 Å². The molecule has 0 radical (unpaired) electrons. The van der Waals surface area contributed by atoms with E-state index in [2.05, 4.69) is 15.3 Å². The molecule has 27 heavy (non-hydrogen) atoms. The van der Waals surface area contributed by atoms with E-state index in [0.29, 0.717) is 0 Å². The molecule has 0 saturated heterocycles. The molecule has 0 aliphatic heterocycles. The Labute approximate surface area is 157 Å². The second-order valence-corrected chi connectivity index (χ2v) is 6.57. The first kappa shape index (κ1) is 17.0. The minimum atomic E-state index is -0.399. The van der Waals surface area contributed by atoms with Gasteiger partial charge in [0.05, 0.1) is 17.4 Å². The highest BCUT2D eigenvalue weighted by Gasteiger charge is 2.24. The standard InChI is InChI=1S/C21H21N5O/c1-15(26-14-23-17-10-6-7-11-18(17)26)21(27)24-19(16-8-4-3-5-9-16)20-22-12-13-25(20)2/h3-15,19H,1-2H3,(H,24,27)/t15-,19+/m0/s1. The summed E-state index contributed by atoms with van der Waals surface area (Å²) in [5.74, 6) is 0.701. The van der Waals surface area contributed by atoms with Gasteiger partial charge in [-0.2, -0.15) is 0 Å². The van der Waals surface area contributed by atoms with Crippen molar-refractivity contribution < 1.29 is 4.79 Å². The van der Waals surface area contributed by atoms with E-state index in [1.54, 1.807) is 12.5 Å². The second-order valence-electron chi connectivity index (χ2n) is 6.57. The van der Waals surface area contributed by atoms with Crippen molar-refractivity contribution in [2.45, 2.75) is 19.0 Å². The van der Waals surface area contributed by atoms with Crippen molar-refractivity contribution in [2.24, 2.45) is 7.05 Å². The van der Waals surface area contributed by atoms with Crippen molar-refractivity contribution in [3.05, 3.63) is 84.7 Å². The summed E-state index contributed by atoms with van der Waals surface area (Å²) in [7, 11) is 1.93. The van der Waals surface area contributed by atoms with E-state index in [0.717, 1.165) is 22.4 Å². The van der Waals surface area contributed by atoms with Crippen molar-refractivity contribution in [2.75, 3.05) is 0 Å². The fourth-order valence-corrected chi connectivity index (χ4v) is 3.27. The molecule has 2 atom stereocenters. The van der Waals surface area contributed by atoms with Crippen molar-refractivity contribution in [1.29, 1.82) is 0 Å². The lowest BCUT2D eigenvalue weighted by atomic mass is 10.1. The number of nitrogens with one attached hydrogen (secondary N) is 1. The summed E-state index contributed by atoms with van der Waals surface area (Å²) >= 11 is 0. The van der Waals surface area contributed by atoms with Gasteiger partial charge in [0.25, 0.3) is 0 Å². The fraction of sp³-hybridized carbons (Fsp3) is 0.190. The van der Waals surface area contributed by atoms with Crippen LogP contribution in [0.1, 0.15) is 30.4 Å². The highest BCUT2D eigenvalue weighted by atomic mass is 16.2. The number of fused-ring (bicyclic) bond motifs is 1. The van der Waals surface area contributed by atoms with Crippen molar-refractivity contribution in [3.8, 4) is 0 Å². The van der Waals surface area contributed by atoms with Gasteiger partial charge in [0.2, 0.25) is 5.91 Å². The first-order valence-corrected chi connectivity index (χ1v) is 8.89. The highest BCUT2D eigenvalue weighted by molar-refractivity contribution is 5.84. The van der Waals surface area contributed by atoms with Crippen LogP contribution < -0.4 is 5.32 Å². The van der Waals surface area contributed by atoms with Crippen molar-refractivity contribution in [1.82, 2.24) is 24.4 Å². The molecule has 0 unspecified atom stereocenters. The molecule has 1 N–H and O–H groups in total. The van der Waals surface area contributed by atoms with Gasteiger partial charge in [0.15, 0.2) is 0 Å². The van der Waals surface area contributed by atoms with E-state index >= 15 is 0 Å². The third kappa shape index (κ3) is 3.21. The number of carbonyl (C=O) groups is 1. The second kappa shape index (κ2) is 7.07. The monoisotopic (exact) mass is 359 g/mol. The molecule has 1 amide bonds. The van der Waals surface area contributed by atoms with Gasteiger partial charge >= 0.3 is 0 Å². The average Bonchev–Trinajstić information content (AvgIpc) is 3.32. The van der Waals surface area contributed by atoms with Gasteiger partial charge in [-0.15, -0.1) is 0 Å². The Morgan fingerprint density at radius 1 is 1.04 bits per heavy atom. The Balaban J connectivity index is 1.65. The molecular weight excluding hydrogens is 338 g/mol. The van der Waals surface area contributed by atoms with Crippen LogP contribution in [-0.2, 0) is 11.8 Å². The number of hydrogen-bond acceptors (Lipinski definition) is 3. The number of nitrogens with zero attached hydrogens (tertiary/aromatic N) is 4. The number of aromatic nitrogens is 4. The van der Waals surface area contributed by atoms with Gasteiger partial charge in [-0.3, -0.25) is 4.79 Å². The molecule has 4 rings (SSSR count). The molecule has 0 saturated carbocycles. The maximum atomic E-state index is 13.1. The van der Waals surface area contributed by atoms with Crippen LogP contribution in [0.3, 0.4) is 0 Å². The normalized spacial score (nSPS) is 13.4. The van der Waals surface area contributed by atoms with E-state index in [4.69, 9.17) is 0 Å². The number of carbonyl (C=O) groups excluding carboxylic acids is 1. The zero-order chi connectivity index (χ0) is 18.8. The smallest absolute Gasteiger partial charge is 0.243 e. The molecule has 0 fully saturated rings. The molecular formula is C21H21N5O. The van der Waals surface area contributed by atoms with Crippen LogP contribution in [0.5, 0.6) is 0 Å². The van der Waals surface area contributed by atoms with E-state index in [9.17, 15) is 4.79 Å². The molecule has 0 spiro atoms. The zero-order valence-corrected chi connectivity index (χ0v) is 15.3. The van der Waals surface area contributed by atoms with Gasteiger partial charge in [-0.1, -0.05) is 42.5 Å². The number of hydrogen-bond donors (Lipinski definition) is 1. The van der Waals surface area contributed by atoms with Gasteiger partial charge < -0.3 is 14.5 Å². The van der Waals surface area contributed by atoms with Gasteiger partial charge in [0.1, 0.15) is 17.9 Å². The quantitative estimate of drug-likeness (QED) is 0.595. The topological polar surface area (TPSA) is 64.7 Å². The maximum Gasteiger partial charge on any atom is 0.243 e. The summed E-state index contributed by atoms with van der Waals surface area (Å²) in [4.78, 5) is 21.9. The van der Waals surface area contributed by atoms with Crippen LogP contribution in [0.2, 0.25) is 0 Å². The largest absolute Gasteiger partial charge is 0.340 e. The third-order valence-electron chi connectivity index (χ3n) is 4.81. The summed E-state index contributed by atoms with van der Waals surface area (Å²) in [6.07, 6.45) is 5.33. The lowest BCUT2D eigenvalue weighted by molar-refractivity contribution is -0.124. The van der Waals surface area contributed by atoms with Crippen LogP contribution in [0, 0.1) is 0 Å². The molecule has 6 nitrogen and oxygen atoms in total. The SMILES string of the molecule is C[C@@H](C(=O)N[C@H](c1ccccc1)c1nccn1C)n1cnc2ccccc21. The molecule has 2 aromatic carbocycles. The predicted molar refractivity (Wildman–Crippen MR) is 104 cm³/mol. The van der Waals surface area contributed by atoms with Crippen molar-refractivity contribution in [3.63, 3.8) is 0 Å². The number of para-hydroxylation sites is 2. The van der Waals surface area contributed by atoms with Crippen LogP contribution >= 0.6 is 0 Å². The summed E-state index contributed by atoms with van der Waals surface area (Å²) < 4.78 is 3.82. The van der Waals surface area contributed by atoms with E-state index < -0.39 is 6.04 Å². The van der Waals surface area contributed by atoms with Crippen LogP contribution in [0.4, 0.5) is 0 Å². The summed E-state index contributed by atoms with van der Waals surface area (Å²) in [6, 6.07) is 17.0. The molecule has 2 heterocycles. The predicted octanol–water partition coefficient (Wildman–Crippen LogP) is 3.24. The summed E-state index contributed by atoms with van der Waals surface area (Å²) in [6.45, 7) is 1.88. The summed E-state index contributed by atoms with van der Waals surface area (Å²) in [5, 5.41) is 3.16. The number of imidazole rings is 2. The third-order valence-corrected chi connectivity index (χ3v) is 4.81. The Hall–Kier alpha value is -3.41. The summed E-state index contributed by atoms with van der Waals surface area (Å²) in [5.41, 5.74) is 2.80. The number of amides is 1. The highest BCUT2D eigenvalue weighted by Crippen LogP contribution is 2.23. The molecule has 0 aliphatic carbocycles. The maximum absolute atomic E-state index is 13.1. The first-order valence-electron chi connectivity index (χ1n) is 8.89. The number of benzene rings is 2. The Kier molecular flexibility index (Phi) is 4.46. The molecule has 4 aromatic rings. The Morgan fingerprint density at radius 2 is 1.78 bits per heavy atom. The van der Waals surface area contributed by atoms with E-state index in [1.165, 1.54) is 0 Å². The molecule has 2 aromatic heterocycles. The molecule has 0 bridgehead atoms. The van der Waals surface area contributed by atoms with E-state index in [-0.39, 0.29) is 11.9 Å². The van der Waals surface area contributed by atoms with E-state index in [1.807, 2.05) is 83.9 Å². The fourth-order valence-electron chi connectivity index (χ4n) is 3.27. The average molecular weight is 359 g/mol. The molecule has 6 heteroatoms. The van der Waals surface area contributed by atoms with Gasteiger partial charge in [-0.25, -0.2) is 9.97 Å². The lowest BCUT2D eigenvalue weighted by Crippen LogP contribution is -2.35.